The van der Waals surface area contributed by atoms with Gasteiger partial charge in [0.2, 0.25) is 0 Å². The zero-order chi connectivity index (χ0) is 17.0. The van der Waals surface area contributed by atoms with E-state index in [-0.39, 0.29) is 5.41 Å². The van der Waals surface area contributed by atoms with Gasteiger partial charge in [0.15, 0.2) is 0 Å². The molecule has 2 aromatic heterocycles. The molecule has 0 unspecified atom stereocenters. The molecule has 0 aromatic carbocycles. The van der Waals surface area contributed by atoms with Gasteiger partial charge in [-0.2, -0.15) is 5.26 Å². The van der Waals surface area contributed by atoms with E-state index in [0.717, 1.165) is 35.6 Å². The number of nitrogens with one attached hydrogen (secondary N) is 1. The number of nitrogens with zero attached hydrogens (tertiary/aromatic N) is 3. The SMILES string of the molecule is Cc1cc(-c2cccc(NCC3(C#N)CCOCC3)n2)c(Cl)cn1. The molecule has 1 aliphatic rings. The van der Waals surface area contributed by atoms with Gasteiger partial charge >= 0.3 is 0 Å². The Labute approximate surface area is 146 Å². The first-order valence-corrected chi connectivity index (χ1v) is 8.32. The molecule has 0 saturated carbocycles. The van der Waals surface area contributed by atoms with Crippen molar-refractivity contribution in [2.24, 2.45) is 5.41 Å². The second kappa shape index (κ2) is 7.16. The zero-order valence-corrected chi connectivity index (χ0v) is 14.3. The second-order valence-electron chi connectivity index (χ2n) is 6.07. The maximum absolute atomic E-state index is 9.53. The highest BCUT2D eigenvalue weighted by molar-refractivity contribution is 6.33. The first-order chi connectivity index (χ1) is 11.6. The minimum absolute atomic E-state index is 0.388. The van der Waals surface area contributed by atoms with E-state index in [9.17, 15) is 5.26 Å². The predicted octanol–water partition coefficient (Wildman–Crippen LogP) is 3.84. The van der Waals surface area contributed by atoms with Crippen LogP contribution in [0.2, 0.25) is 5.02 Å². The summed E-state index contributed by atoms with van der Waals surface area (Å²) in [4.78, 5) is 8.81. The van der Waals surface area contributed by atoms with Crippen molar-refractivity contribution in [3.8, 4) is 17.3 Å². The van der Waals surface area contributed by atoms with Crippen molar-refractivity contribution in [1.82, 2.24) is 9.97 Å². The Bertz CT molecular complexity index is 766. The van der Waals surface area contributed by atoms with Crippen molar-refractivity contribution < 1.29 is 4.74 Å². The van der Waals surface area contributed by atoms with Crippen molar-refractivity contribution in [2.45, 2.75) is 19.8 Å². The Kier molecular flexibility index (Phi) is 4.98. The molecule has 3 heterocycles. The summed E-state index contributed by atoms with van der Waals surface area (Å²) >= 11 is 6.25. The van der Waals surface area contributed by atoms with Crippen molar-refractivity contribution in [1.29, 1.82) is 5.26 Å². The van der Waals surface area contributed by atoms with E-state index in [0.29, 0.717) is 24.8 Å². The molecule has 0 atom stereocenters. The summed E-state index contributed by atoms with van der Waals surface area (Å²) in [5, 5.41) is 13.4. The van der Waals surface area contributed by atoms with E-state index in [4.69, 9.17) is 16.3 Å². The molecule has 1 saturated heterocycles. The van der Waals surface area contributed by atoms with Gasteiger partial charge in [-0.1, -0.05) is 17.7 Å². The van der Waals surface area contributed by atoms with E-state index in [1.165, 1.54) is 0 Å². The van der Waals surface area contributed by atoms with Gasteiger partial charge in [0.25, 0.3) is 0 Å². The summed E-state index contributed by atoms with van der Waals surface area (Å²) in [6.07, 6.45) is 3.12. The minimum atomic E-state index is -0.388. The Hall–Kier alpha value is -2.16. The smallest absolute Gasteiger partial charge is 0.126 e. The Morgan fingerprint density at radius 2 is 2.17 bits per heavy atom. The topological polar surface area (TPSA) is 70.8 Å². The number of hydrogen-bond acceptors (Lipinski definition) is 5. The summed E-state index contributed by atoms with van der Waals surface area (Å²) in [6.45, 7) is 3.75. The number of nitriles is 1. The van der Waals surface area contributed by atoms with Crippen molar-refractivity contribution in [2.75, 3.05) is 25.1 Å². The Morgan fingerprint density at radius 1 is 1.38 bits per heavy atom. The van der Waals surface area contributed by atoms with Gasteiger partial charge in [0.1, 0.15) is 5.82 Å². The maximum Gasteiger partial charge on any atom is 0.126 e. The van der Waals surface area contributed by atoms with Crippen LogP contribution < -0.4 is 5.32 Å². The monoisotopic (exact) mass is 342 g/mol. The second-order valence-corrected chi connectivity index (χ2v) is 6.48. The lowest BCUT2D eigenvalue weighted by Crippen LogP contribution is -2.34. The molecule has 0 amide bonds. The number of aryl methyl sites for hydroxylation is 1. The Morgan fingerprint density at radius 3 is 2.92 bits per heavy atom. The van der Waals surface area contributed by atoms with Gasteiger partial charge < -0.3 is 10.1 Å². The fraction of sp³-hybridized carbons (Fsp3) is 0.389. The van der Waals surface area contributed by atoms with Crippen LogP contribution in [-0.2, 0) is 4.74 Å². The van der Waals surface area contributed by atoms with Gasteiger partial charge in [-0.3, -0.25) is 4.98 Å². The summed E-state index contributed by atoms with van der Waals surface area (Å²) in [5.41, 5.74) is 2.14. The van der Waals surface area contributed by atoms with Crippen LogP contribution in [0.1, 0.15) is 18.5 Å². The minimum Gasteiger partial charge on any atom is -0.381 e. The standard InChI is InChI=1S/C18H19ClN4O/c1-13-9-14(15(19)10-21-13)16-3-2-4-17(23-16)22-12-18(11-20)5-7-24-8-6-18/h2-4,9-10H,5-8,12H2,1H3,(H,22,23). The lowest BCUT2D eigenvalue weighted by molar-refractivity contribution is 0.0456. The average molecular weight is 343 g/mol. The van der Waals surface area contributed by atoms with Crippen LogP contribution in [-0.4, -0.2) is 29.7 Å². The molecule has 5 nitrogen and oxygen atoms in total. The molecule has 1 fully saturated rings. The molecular weight excluding hydrogens is 324 g/mol. The quantitative estimate of drug-likeness (QED) is 0.914. The third-order valence-electron chi connectivity index (χ3n) is 4.31. The van der Waals surface area contributed by atoms with E-state index in [1.807, 2.05) is 31.2 Å². The largest absolute Gasteiger partial charge is 0.381 e. The number of ether oxygens (including phenoxy) is 1. The number of halogens is 1. The molecule has 2 aromatic rings. The van der Waals surface area contributed by atoms with E-state index in [2.05, 4.69) is 21.4 Å². The molecule has 0 aliphatic carbocycles. The molecule has 0 spiro atoms. The van der Waals surface area contributed by atoms with Crippen LogP contribution in [0.3, 0.4) is 0 Å². The van der Waals surface area contributed by atoms with E-state index in [1.54, 1.807) is 6.20 Å². The van der Waals surface area contributed by atoms with Crippen molar-refractivity contribution in [3.63, 3.8) is 0 Å². The van der Waals surface area contributed by atoms with Crippen LogP contribution in [0, 0.1) is 23.7 Å². The van der Waals surface area contributed by atoms with Gasteiger partial charge in [0, 0.05) is 37.2 Å². The third kappa shape index (κ3) is 3.66. The maximum atomic E-state index is 9.53. The molecular formula is C18H19ClN4O. The van der Waals surface area contributed by atoms with Gasteiger partial charge in [-0.15, -0.1) is 0 Å². The highest BCUT2D eigenvalue weighted by Crippen LogP contribution is 2.31. The third-order valence-corrected chi connectivity index (χ3v) is 4.61. The van der Waals surface area contributed by atoms with Crippen LogP contribution in [0.25, 0.3) is 11.3 Å². The number of rotatable bonds is 4. The number of pyridine rings is 2. The van der Waals surface area contributed by atoms with Crippen LogP contribution in [0.5, 0.6) is 0 Å². The van der Waals surface area contributed by atoms with E-state index >= 15 is 0 Å². The molecule has 0 bridgehead atoms. The molecule has 6 heteroatoms. The molecule has 1 N–H and O–H groups in total. The molecule has 24 heavy (non-hydrogen) atoms. The van der Waals surface area contributed by atoms with Gasteiger partial charge in [-0.05, 0) is 38.0 Å². The zero-order valence-electron chi connectivity index (χ0n) is 13.6. The first kappa shape index (κ1) is 16.7. The molecule has 1 aliphatic heterocycles. The fourth-order valence-corrected chi connectivity index (χ4v) is 2.97. The molecule has 3 rings (SSSR count). The van der Waals surface area contributed by atoms with Crippen molar-refractivity contribution >= 4 is 17.4 Å². The number of hydrogen-bond donors (Lipinski definition) is 1. The highest BCUT2D eigenvalue weighted by Gasteiger charge is 2.32. The van der Waals surface area contributed by atoms with Gasteiger partial charge in [-0.25, -0.2) is 4.98 Å². The summed E-state index contributed by atoms with van der Waals surface area (Å²) in [5.74, 6) is 0.735. The lowest BCUT2D eigenvalue weighted by Gasteiger charge is -2.30. The number of anilines is 1. The average Bonchev–Trinajstić information content (AvgIpc) is 2.63. The summed E-state index contributed by atoms with van der Waals surface area (Å²) < 4.78 is 5.36. The Balaban J connectivity index is 1.78. The lowest BCUT2D eigenvalue weighted by atomic mass is 9.82. The van der Waals surface area contributed by atoms with Crippen molar-refractivity contribution in [3.05, 3.63) is 41.2 Å². The first-order valence-electron chi connectivity index (χ1n) is 7.94. The van der Waals surface area contributed by atoms with Crippen LogP contribution in [0.15, 0.2) is 30.5 Å². The van der Waals surface area contributed by atoms with Crippen LogP contribution >= 0.6 is 11.6 Å². The summed E-state index contributed by atoms with van der Waals surface area (Å²) in [6, 6.07) is 10.1. The van der Waals surface area contributed by atoms with E-state index < -0.39 is 0 Å². The highest BCUT2D eigenvalue weighted by atomic mass is 35.5. The summed E-state index contributed by atoms with van der Waals surface area (Å²) in [7, 11) is 0. The normalized spacial score (nSPS) is 16.4. The molecule has 124 valence electrons. The predicted molar refractivity (Wildman–Crippen MR) is 93.8 cm³/mol. The fourth-order valence-electron chi connectivity index (χ4n) is 2.77. The molecule has 0 radical (unpaired) electrons. The van der Waals surface area contributed by atoms with Crippen LogP contribution in [0.4, 0.5) is 5.82 Å². The number of aromatic nitrogens is 2. The van der Waals surface area contributed by atoms with Gasteiger partial charge in [0.05, 0.1) is 22.2 Å².